The molecule has 33 heavy (non-hydrogen) atoms. The lowest BCUT2D eigenvalue weighted by molar-refractivity contribution is -0.116. The van der Waals surface area contributed by atoms with Crippen molar-refractivity contribution in [2.75, 3.05) is 31.6 Å². The molecule has 0 spiro atoms. The summed E-state index contributed by atoms with van der Waals surface area (Å²) in [6.07, 6.45) is 2.24. The topological polar surface area (TPSA) is 174 Å². The highest BCUT2D eigenvalue weighted by Gasteiger charge is 2.29. The van der Waals surface area contributed by atoms with Gasteiger partial charge in [-0.2, -0.15) is 4.31 Å². The Hall–Kier alpha value is -3.69. The molecule has 2 N–H and O–H groups in total. The minimum atomic E-state index is -4.11. The molecule has 0 saturated carbocycles. The maximum atomic E-state index is 12.8. The van der Waals surface area contributed by atoms with Gasteiger partial charge < -0.3 is 10.1 Å². The first kappa shape index (κ1) is 22.5. The first-order valence-corrected chi connectivity index (χ1v) is 11.3. The van der Waals surface area contributed by atoms with E-state index in [1.807, 2.05) is 4.98 Å². The summed E-state index contributed by atoms with van der Waals surface area (Å²) >= 11 is 0. The van der Waals surface area contributed by atoms with Gasteiger partial charge >= 0.3 is 5.69 Å². The zero-order valence-electron chi connectivity index (χ0n) is 17.2. The molecule has 2 aromatic heterocycles. The molecular weight excluding hydrogens is 456 g/mol. The van der Waals surface area contributed by atoms with E-state index in [9.17, 15) is 22.8 Å². The molecule has 174 valence electrons. The normalized spacial score (nSPS) is 14.8. The molecule has 1 aliphatic rings. The number of carbonyl (C=O) groups is 1. The molecule has 15 heteroatoms. The zero-order valence-corrected chi connectivity index (χ0v) is 18.1. The van der Waals surface area contributed by atoms with Gasteiger partial charge in [-0.1, -0.05) is 6.07 Å². The average Bonchev–Trinajstić information content (AvgIpc) is 3.34. The van der Waals surface area contributed by atoms with Crippen molar-refractivity contribution in [2.24, 2.45) is 0 Å². The Balaban J connectivity index is 1.47. The van der Waals surface area contributed by atoms with E-state index in [1.165, 1.54) is 11.0 Å². The predicted molar refractivity (Wildman–Crippen MR) is 113 cm³/mol. The molecule has 0 atom stereocenters. The molecular formula is C18H20N8O6S. The Morgan fingerprint density at radius 2 is 2.00 bits per heavy atom. The van der Waals surface area contributed by atoms with Gasteiger partial charge in [0.2, 0.25) is 15.9 Å². The standard InChI is InChI=1S/C18H20N8O6S/c27-16(20-13-2-1-3-14(10-13)26-12-19-22-23-26)4-5-24-11-15(17(28)21-18(24)29)33(30,31)25-6-8-32-9-7-25/h1-3,10-12H,4-9H2,(H,20,27)(H,21,28,29). The third kappa shape index (κ3) is 5.05. The van der Waals surface area contributed by atoms with Crippen LogP contribution in [0.25, 0.3) is 5.69 Å². The Morgan fingerprint density at radius 1 is 1.21 bits per heavy atom. The van der Waals surface area contributed by atoms with Crippen LogP contribution in [0, 0.1) is 0 Å². The summed E-state index contributed by atoms with van der Waals surface area (Å²) in [6.45, 7) is 0.497. The van der Waals surface area contributed by atoms with E-state index in [2.05, 4.69) is 20.8 Å². The number of aromatic amines is 1. The van der Waals surface area contributed by atoms with Crippen molar-refractivity contribution in [2.45, 2.75) is 17.9 Å². The van der Waals surface area contributed by atoms with Crippen molar-refractivity contribution in [3.05, 3.63) is 57.6 Å². The van der Waals surface area contributed by atoms with Crippen molar-refractivity contribution in [3.63, 3.8) is 0 Å². The second-order valence-electron chi connectivity index (χ2n) is 7.07. The first-order valence-electron chi connectivity index (χ1n) is 9.89. The Kier molecular flexibility index (Phi) is 6.43. The quantitative estimate of drug-likeness (QED) is 0.414. The average molecular weight is 476 g/mol. The number of tetrazole rings is 1. The minimum absolute atomic E-state index is 0.104. The molecule has 0 bridgehead atoms. The van der Waals surface area contributed by atoms with Gasteiger partial charge in [0.05, 0.1) is 18.9 Å². The lowest BCUT2D eigenvalue weighted by Gasteiger charge is -2.25. The van der Waals surface area contributed by atoms with Crippen LogP contribution in [0.15, 0.2) is 51.3 Å². The molecule has 0 aliphatic carbocycles. The maximum Gasteiger partial charge on any atom is 0.328 e. The minimum Gasteiger partial charge on any atom is -0.379 e. The third-order valence-electron chi connectivity index (χ3n) is 4.89. The molecule has 14 nitrogen and oxygen atoms in total. The number of rotatable bonds is 7. The fourth-order valence-electron chi connectivity index (χ4n) is 3.22. The number of hydrogen-bond acceptors (Lipinski definition) is 9. The van der Waals surface area contributed by atoms with Gasteiger partial charge in [0.15, 0.2) is 4.90 Å². The second-order valence-corrected chi connectivity index (χ2v) is 8.97. The summed E-state index contributed by atoms with van der Waals surface area (Å²) < 4.78 is 34.3. The number of carbonyl (C=O) groups excluding carboxylic acids is 1. The number of aryl methyl sites for hydroxylation is 1. The summed E-state index contributed by atoms with van der Waals surface area (Å²) in [6, 6.07) is 6.79. The molecule has 4 rings (SSSR count). The fourth-order valence-corrected chi connectivity index (χ4v) is 4.67. The van der Waals surface area contributed by atoms with Gasteiger partial charge in [-0.3, -0.25) is 19.1 Å². The van der Waals surface area contributed by atoms with Crippen LogP contribution in [0.3, 0.4) is 0 Å². The molecule has 1 aliphatic heterocycles. The largest absolute Gasteiger partial charge is 0.379 e. The molecule has 0 unspecified atom stereocenters. The number of benzene rings is 1. The third-order valence-corrected chi connectivity index (χ3v) is 6.78. The van der Waals surface area contributed by atoms with Gasteiger partial charge in [-0.15, -0.1) is 5.10 Å². The fraction of sp³-hybridized carbons (Fsp3) is 0.333. The second kappa shape index (κ2) is 9.43. The van der Waals surface area contributed by atoms with E-state index >= 15 is 0 Å². The van der Waals surface area contributed by atoms with Crippen LogP contribution >= 0.6 is 0 Å². The van der Waals surface area contributed by atoms with Crippen molar-refractivity contribution in [1.82, 2.24) is 34.1 Å². The number of hydrogen-bond donors (Lipinski definition) is 2. The van der Waals surface area contributed by atoms with Crippen LogP contribution in [-0.2, 0) is 26.1 Å². The summed E-state index contributed by atoms with van der Waals surface area (Å²) in [4.78, 5) is 38.2. The van der Waals surface area contributed by atoms with Crippen LogP contribution in [0.5, 0.6) is 0 Å². The van der Waals surface area contributed by atoms with Gasteiger partial charge in [-0.25, -0.2) is 17.9 Å². The van der Waals surface area contributed by atoms with Crippen LogP contribution < -0.4 is 16.6 Å². The van der Waals surface area contributed by atoms with Crippen molar-refractivity contribution >= 4 is 21.6 Å². The molecule has 0 radical (unpaired) electrons. The lowest BCUT2D eigenvalue weighted by atomic mass is 10.2. The van der Waals surface area contributed by atoms with E-state index in [0.717, 1.165) is 15.1 Å². The van der Waals surface area contributed by atoms with Gasteiger partial charge in [0.25, 0.3) is 5.56 Å². The zero-order chi connectivity index (χ0) is 23.4. The number of aromatic nitrogens is 6. The summed E-state index contributed by atoms with van der Waals surface area (Å²) in [7, 11) is -4.11. The van der Waals surface area contributed by atoms with E-state index in [1.54, 1.807) is 24.3 Å². The summed E-state index contributed by atoms with van der Waals surface area (Å²) in [5.74, 6) is -0.417. The lowest BCUT2D eigenvalue weighted by Crippen LogP contribution is -2.44. The number of nitrogens with zero attached hydrogens (tertiary/aromatic N) is 6. The predicted octanol–water partition coefficient (Wildman–Crippen LogP) is -1.44. The summed E-state index contributed by atoms with van der Waals surface area (Å²) in [5.41, 5.74) is -0.703. The van der Waals surface area contributed by atoms with Crippen LogP contribution in [-0.4, -0.2) is 74.7 Å². The van der Waals surface area contributed by atoms with Crippen molar-refractivity contribution < 1.29 is 17.9 Å². The smallest absolute Gasteiger partial charge is 0.328 e. The summed E-state index contributed by atoms with van der Waals surface area (Å²) in [5, 5.41) is 13.6. The van der Waals surface area contributed by atoms with Gasteiger partial charge in [-0.05, 0) is 28.6 Å². The number of morpholine rings is 1. The molecule has 1 fully saturated rings. The van der Waals surface area contributed by atoms with Crippen molar-refractivity contribution in [1.29, 1.82) is 0 Å². The molecule has 1 aromatic carbocycles. The monoisotopic (exact) mass is 476 g/mol. The molecule has 1 amide bonds. The highest BCUT2D eigenvalue weighted by atomic mass is 32.2. The van der Waals surface area contributed by atoms with E-state index in [-0.39, 0.29) is 39.3 Å². The maximum absolute atomic E-state index is 12.8. The Morgan fingerprint density at radius 3 is 2.73 bits per heavy atom. The molecule has 3 aromatic rings. The Bertz CT molecular complexity index is 1360. The van der Waals surface area contributed by atoms with Crippen LogP contribution in [0.2, 0.25) is 0 Å². The van der Waals surface area contributed by atoms with E-state index < -0.39 is 32.1 Å². The van der Waals surface area contributed by atoms with Crippen LogP contribution in [0.4, 0.5) is 5.69 Å². The highest BCUT2D eigenvalue weighted by molar-refractivity contribution is 7.89. The number of nitrogens with one attached hydrogen (secondary N) is 2. The first-order chi connectivity index (χ1) is 15.8. The van der Waals surface area contributed by atoms with E-state index in [4.69, 9.17) is 4.74 Å². The van der Waals surface area contributed by atoms with Gasteiger partial charge in [0.1, 0.15) is 6.33 Å². The van der Waals surface area contributed by atoms with Crippen LogP contribution in [0.1, 0.15) is 6.42 Å². The Labute approximate surface area is 186 Å². The number of sulfonamides is 1. The number of H-pyrrole nitrogens is 1. The van der Waals surface area contributed by atoms with E-state index in [0.29, 0.717) is 11.4 Å². The molecule has 1 saturated heterocycles. The highest BCUT2D eigenvalue weighted by Crippen LogP contribution is 2.14. The SMILES string of the molecule is O=C(CCn1cc(S(=O)(=O)N2CCOCC2)c(=O)[nH]c1=O)Nc1cccc(-n2cnnn2)c1. The van der Waals surface area contributed by atoms with Gasteiger partial charge in [0, 0.05) is 37.9 Å². The number of ether oxygens (including phenoxy) is 1. The number of amides is 1. The number of anilines is 1. The van der Waals surface area contributed by atoms with Crippen molar-refractivity contribution in [3.8, 4) is 5.69 Å². The molecule has 3 heterocycles.